The van der Waals surface area contributed by atoms with E-state index in [1.165, 1.54) is 6.42 Å². The van der Waals surface area contributed by atoms with E-state index >= 15 is 0 Å². The Balaban J connectivity index is 2.05. The van der Waals surface area contributed by atoms with E-state index in [9.17, 15) is 4.79 Å². The number of carbonyl (C=O) groups is 1. The molecule has 62 valence electrons. The lowest BCUT2D eigenvalue weighted by Crippen LogP contribution is -2.43. The number of carboxylic acid groups (broad SMARTS) is 1. The second-order valence-electron chi connectivity index (χ2n) is 3.66. The lowest BCUT2D eigenvalue weighted by molar-refractivity contribution is -0.144. The summed E-state index contributed by atoms with van der Waals surface area (Å²) >= 11 is 0. The van der Waals surface area contributed by atoms with Gasteiger partial charge < -0.3 is 5.11 Å². The van der Waals surface area contributed by atoms with E-state index < -0.39 is 5.97 Å². The molecule has 11 heavy (non-hydrogen) atoms. The third-order valence-electron chi connectivity index (χ3n) is 3.00. The van der Waals surface area contributed by atoms with Crippen LogP contribution in [0.15, 0.2) is 0 Å². The fraction of sp³-hybridized carbons (Fsp3) is 0.875. The van der Waals surface area contributed by atoms with Crippen LogP contribution in [0.5, 0.6) is 0 Å². The van der Waals surface area contributed by atoms with Crippen LogP contribution in [0.3, 0.4) is 0 Å². The van der Waals surface area contributed by atoms with Crippen molar-refractivity contribution >= 4 is 5.97 Å². The second-order valence-corrected chi connectivity index (χ2v) is 3.66. The van der Waals surface area contributed by atoms with Gasteiger partial charge in [0.1, 0.15) is 6.04 Å². The van der Waals surface area contributed by atoms with Crippen molar-refractivity contribution in [3.8, 4) is 0 Å². The lowest BCUT2D eigenvalue weighted by atomic mass is 10.0. The van der Waals surface area contributed by atoms with Crippen molar-refractivity contribution in [2.24, 2.45) is 5.92 Å². The van der Waals surface area contributed by atoms with Gasteiger partial charge in [0, 0.05) is 6.04 Å². The minimum Gasteiger partial charge on any atom is -0.480 e. The molecule has 1 saturated heterocycles. The van der Waals surface area contributed by atoms with Gasteiger partial charge in [-0.15, -0.1) is 0 Å². The number of hydrogen-bond donors (Lipinski definition) is 1. The standard InChI is InChI=1S/C8H13NO2/c1-9-6(8(10)11)3-2-5-4-7(5)9/h5-7H,2-4H2,1H3,(H,10,11)/t5?,6-,7?/m0/s1. The quantitative estimate of drug-likeness (QED) is 0.601. The molecule has 3 heteroatoms. The fourth-order valence-electron chi connectivity index (χ4n) is 2.15. The van der Waals surface area contributed by atoms with Gasteiger partial charge in [0.25, 0.3) is 0 Å². The molecule has 3 nitrogen and oxygen atoms in total. The number of hydrogen-bond acceptors (Lipinski definition) is 2. The molecule has 0 aromatic carbocycles. The van der Waals surface area contributed by atoms with Crippen molar-refractivity contribution in [2.45, 2.75) is 31.3 Å². The molecule has 2 unspecified atom stereocenters. The van der Waals surface area contributed by atoms with Crippen molar-refractivity contribution < 1.29 is 9.90 Å². The molecule has 0 aromatic heterocycles. The minimum absolute atomic E-state index is 0.209. The fourth-order valence-corrected chi connectivity index (χ4v) is 2.15. The predicted molar refractivity (Wildman–Crippen MR) is 40.3 cm³/mol. The summed E-state index contributed by atoms with van der Waals surface area (Å²) in [6, 6.07) is 0.378. The molecule has 2 fully saturated rings. The maximum absolute atomic E-state index is 10.7. The Hall–Kier alpha value is -0.570. The van der Waals surface area contributed by atoms with E-state index in [0.29, 0.717) is 6.04 Å². The molecule has 0 aromatic rings. The number of carboxylic acids is 1. The van der Waals surface area contributed by atoms with Crippen LogP contribution < -0.4 is 0 Å². The van der Waals surface area contributed by atoms with Gasteiger partial charge in [0.15, 0.2) is 0 Å². The molecule has 1 N–H and O–H groups in total. The van der Waals surface area contributed by atoms with Crippen molar-refractivity contribution in [3.63, 3.8) is 0 Å². The summed E-state index contributed by atoms with van der Waals surface area (Å²) in [6.45, 7) is 0. The highest BCUT2D eigenvalue weighted by atomic mass is 16.4. The summed E-state index contributed by atoms with van der Waals surface area (Å²) in [4.78, 5) is 12.7. The minimum atomic E-state index is -0.655. The molecule has 3 atom stereocenters. The zero-order valence-corrected chi connectivity index (χ0v) is 6.66. The Morgan fingerprint density at radius 3 is 2.91 bits per heavy atom. The van der Waals surface area contributed by atoms with Gasteiger partial charge in [0.2, 0.25) is 0 Å². The van der Waals surface area contributed by atoms with Gasteiger partial charge in [-0.25, -0.2) is 0 Å². The van der Waals surface area contributed by atoms with Crippen molar-refractivity contribution in [1.29, 1.82) is 0 Å². The molecule has 1 aliphatic carbocycles. The number of likely N-dealkylation sites (N-methyl/N-ethyl adjacent to an activating group) is 1. The Morgan fingerprint density at radius 2 is 2.27 bits per heavy atom. The van der Waals surface area contributed by atoms with Gasteiger partial charge in [0.05, 0.1) is 0 Å². The number of rotatable bonds is 1. The maximum atomic E-state index is 10.7. The lowest BCUT2D eigenvalue weighted by Gasteiger charge is -2.28. The van der Waals surface area contributed by atoms with E-state index in [4.69, 9.17) is 5.11 Å². The van der Waals surface area contributed by atoms with Crippen molar-refractivity contribution in [1.82, 2.24) is 4.90 Å². The topological polar surface area (TPSA) is 40.5 Å². The Bertz CT molecular complexity index is 193. The Morgan fingerprint density at radius 1 is 1.55 bits per heavy atom. The van der Waals surface area contributed by atoms with Crippen LogP contribution in [0.4, 0.5) is 0 Å². The first kappa shape index (κ1) is 7.10. The molecular weight excluding hydrogens is 142 g/mol. The van der Waals surface area contributed by atoms with Crippen LogP contribution in [-0.2, 0) is 4.79 Å². The van der Waals surface area contributed by atoms with Gasteiger partial charge in [-0.1, -0.05) is 0 Å². The molecule has 0 radical (unpaired) electrons. The van der Waals surface area contributed by atoms with Crippen LogP contribution in [0.2, 0.25) is 0 Å². The van der Waals surface area contributed by atoms with Gasteiger partial charge in [-0.05, 0) is 32.2 Å². The average Bonchev–Trinajstić information content (AvgIpc) is 2.66. The monoisotopic (exact) mass is 155 g/mol. The largest absolute Gasteiger partial charge is 0.480 e. The molecule has 1 aliphatic heterocycles. The molecule has 1 heterocycles. The van der Waals surface area contributed by atoms with Crippen LogP contribution in [-0.4, -0.2) is 35.1 Å². The van der Waals surface area contributed by atoms with Crippen molar-refractivity contribution in [3.05, 3.63) is 0 Å². The van der Waals surface area contributed by atoms with Crippen molar-refractivity contribution in [2.75, 3.05) is 7.05 Å². The molecular formula is C8H13NO2. The SMILES string of the molecule is CN1C2CC2CC[C@H]1C(=O)O. The summed E-state index contributed by atoms with van der Waals surface area (Å²) < 4.78 is 0. The first-order chi connectivity index (χ1) is 5.20. The predicted octanol–water partition coefficient (Wildman–Crippen LogP) is 0.554. The first-order valence-corrected chi connectivity index (χ1v) is 4.15. The Kier molecular flexibility index (Phi) is 1.42. The number of likely N-dealkylation sites (tertiary alicyclic amines) is 1. The maximum Gasteiger partial charge on any atom is 0.320 e. The highest BCUT2D eigenvalue weighted by Crippen LogP contribution is 2.44. The first-order valence-electron chi connectivity index (χ1n) is 4.15. The average molecular weight is 155 g/mol. The van der Waals surface area contributed by atoms with E-state index in [-0.39, 0.29) is 6.04 Å². The molecule has 2 rings (SSSR count). The summed E-state index contributed by atoms with van der Waals surface area (Å²) in [5, 5.41) is 8.80. The van der Waals surface area contributed by atoms with Gasteiger partial charge in [-0.2, -0.15) is 0 Å². The normalized spacial score (nSPS) is 43.2. The zero-order chi connectivity index (χ0) is 8.01. The van der Waals surface area contributed by atoms with Gasteiger partial charge >= 0.3 is 5.97 Å². The van der Waals surface area contributed by atoms with Crippen LogP contribution in [0, 0.1) is 5.92 Å². The smallest absolute Gasteiger partial charge is 0.320 e. The highest BCUT2D eigenvalue weighted by molar-refractivity contribution is 5.73. The van der Waals surface area contributed by atoms with Crippen LogP contribution in [0.25, 0.3) is 0 Å². The van der Waals surface area contributed by atoms with E-state index in [0.717, 1.165) is 18.8 Å². The highest BCUT2D eigenvalue weighted by Gasteiger charge is 2.47. The van der Waals surface area contributed by atoms with E-state index in [1.54, 1.807) is 0 Å². The molecule has 1 saturated carbocycles. The third-order valence-corrected chi connectivity index (χ3v) is 3.00. The number of piperidine rings is 1. The van der Waals surface area contributed by atoms with E-state index in [2.05, 4.69) is 0 Å². The molecule has 0 spiro atoms. The zero-order valence-electron chi connectivity index (χ0n) is 6.66. The number of nitrogens with zero attached hydrogens (tertiary/aromatic N) is 1. The third kappa shape index (κ3) is 1.03. The molecule has 0 amide bonds. The summed E-state index contributed by atoms with van der Waals surface area (Å²) in [5.41, 5.74) is 0. The summed E-state index contributed by atoms with van der Waals surface area (Å²) in [6.07, 6.45) is 3.18. The summed E-state index contributed by atoms with van der Waals surface area (Å²) in [7, 11) is 1.93. The number of aliphatic carboxylic acids is 1. The van der Waals surface area contributed by atoms with Gasteiger partial charge in [-0.3, -0.25) is 9.69 Å². The van der Waals surface area contributed by atoms with Crippen LogP contribution >= 0.6 is 0 Å². The molecule has 0 bridgehead atoms. The Labute approximate surface area is 66.0 Å². The van der Waals surface area contributed by atoms with E-state index in [1.807, 2.05) is 11.9 Å². The van der Waals surface area contributed by atoms with Crippen LogP contribution in [0.1, 0.15) is 19.3 Å². The second kappa shape index (κ2) is 2.21. The molecule has 2 aliphatic rings. The number of fused-ring (bicyclic) bond motifs is 1. The summed E-state index contributed by atoms with van der Waals surface area (Å²) in [5.74, 6) is 0.161.